The van der Waals surface area contributed by atoms with Crippen LogP contribution in [0.4, 0.5) is 0 Å². The summed E-state index contributed by atoms with van der Waals surface area (Å²) < 4.78 is 0. The Morgan fingerprint density at radius 1 is 0.735 bits per heavy atom. The molecule has 10 rings (SSSR count). The average Bonchev–Trinajstić information content (AvgIpc) is 3.33. The molecule has 1 amide bonds. The fraction of sp³-hybridized carbons (Fsp3) is 0.727. The van der Waals surface area contributed by atoms with Crippen LogP contribution in [0.5, 0.6) is 0 Å². The van der Waals surface area contributed by atoms with E-state index in [0.717, 1.165) is 56.1 Å². The van der Waals surface area contributed by atoms with Crippen molar-refractivity contribution < 1.29 is 19.2 Å². The lowest BCUT2D eigenvalue weighted by Gasteiger charge is -2.72. The molecule has 8 atom stereocenters. The first kappa shape index (κ1) is 34.9. The van der Waals surface area contributed by atoms with Gasteiger partial charge in [0.25, 0.3) is 0 Å². The summed E-state index contributed by atoms with van der Waals surface area (Å²) in [6.45, 7) is 20.8. The smallest absolute Gasteiger partial charge is 0.233 e. The normalized spacial score (nSPS) is 41.7. The van der Waals surface area contributed by atoms with Crippen LogP contribution in [0.25, 0.3) is 0 Å². The van der Waals surface area contributed by atoms with Gasteiger partial charge in [-0.25, -0.2) is 0 Å². The number of carbonyl (C=O) groups is 4. The average molecular weight is 668 g/mol. The molecule has 8 bridgehead atoms. The molecule has 4 saturated carbocycles. The van der Waals surface area contributed by atoms with Gasteiger partial charge in [0.15, 0.2) is 11.6 Å². The van der Waals surface area contributed by atoms with E-state index in [1.807, 2.05) is 45.2 Å². The Hall–Kier alpha value is -2.56. The first-order chi connectivity index (χ1) is 22.8. The second-order valence-corrected chi connectivity index (χ2v) is 19.9. The van der Waals surface area contributed by atoms with E-state index in [0.29, 0.717) is 30.4 Å². The molecule has 0 saturated heterocycles. The Balaban J connectivity index is 1.43. The van der Waals surface area contributed by atoms with Crippen molar-refractivity contribution in [2.75, 3.05) is 7.05 Å². The standard InChI is InChI=1S/C44H61NO4/c1-26(2)35-32(47)24-44-22-21-42(8)30(36(35)44)15-16-34-41(7)19-17-29(40(5,6)33(41)18-20-43(34,42)9)31(46)23-39(3,4)37(48)28-14-12-11-13-27(28)25-45(10)38(44)49/h11-14,26,29-30,33-34H,15-25H2,1-10H3/t29?,30-,33+,34-,41+,42-,43-,44-/m1/s1. The van der Waals surface area contributed by atoms with Gasteiger partial charge >= 0.3 is 0 Å². The van der Waals surface area contributed by atoms with Crippen LogP contribution in [0.1, 0.15) is 142 Å². The zero-order valence-corrected chi connectivity index (χ0v) is 32.1. The highest BCUT2D eigenvalue weighted by Crippen LogP contribution is 2.77. The van der Waals surface area contributed by atoms with Crippen molar-refractivity contribution in [1.29, 1.82) is 0 Å². The number of carbonyl (C=O) groups excluding carboxylic acids is 4. The van der Waals surface area contributed by atoms with Gasteiger partial charge in [0.1, 0.15) is 5.78 Å². The van der Waals surface area contributed by atoms with E-state index in [9.17, 15) is 14.4 Å². The lowest BCUT2D eigenvalue weighted by molar-refractivity contribution is -0.220. The third-order valence-corrected chi connectivity index (χ3v) is 16.5. The molecule has 1 aromatic carbocycles. The molecule has 9 aliphatic rings. The Morgan fingerprint density at radius 3 is 2.12 bits per heavy atom. The number of amides is 1. The fourth-order valence-corrected chi connectivity index (χ4v) is 14.0. The molecule has 5 heteroatoms. The molecular weight excluding hydrogens is 606 g/mol. The van der Waals surface area contributed by atoms with Crippen LogP contribution < -0.4 is 0 Å². The van der Waals surface area contributed by atoms with Crippen LogP contribution in [-0.2, 0) is 20.9 Å². The maximum atomic E-state index is 15.1. The molecule has 5 nitrogen and oxygen atoms in total. The second-order valence-electron chi connectivity index (χ2n) is 19.9. The molecular formula is C44H61NO4. The molecule has 266 valence electrons. The van der Waals surface area contributed by atoms with Gasteiger partial charge in [-0.1, -0.05) is 86.6 Å². The summed E-state index contributed by atoms with van der Waals surface area (Å²) in [6, 6.07) is 7.63. The van der Waals surface area contributed by atoms with Crippen LogP contribution in [0.2, 0.25) is 0 Å². The summed E-state index contributed by atoms with van der Waals surface area (Å²) in [5.74, 6) is 1.56. The van der Waals surface area contributed by atoms with Crippen LogP contribution in [-0.4, -0.2) is 35.2 Å². The minimum absolute atomic E-state index is 0.0187. The van der Waals surface area contributed by atoms with E-state index in [-0.39, 0.29) is 75.5 Å². The first-order valence-electron chi connectivity index (χ1n) is 19.4. The van der Waals surface area contributed by atoms with Crippen LogP contribution in [0, 0.1) is 62.1 Å². The number of fused-ring (bicyclic) bond motifs is 2. The number of benzene rings is 1. The van der Waals surface area contributed by atoms with Gasteiger partial charge in [0, 0.05) is 43.3 Å². The summed E-state index contributed by atoms with van der Waals surface area (Å²) in [5, 5.41) is 0. The lowest BCUT2D eigenvalue weighted by Crippen LogP contribution is -2.66. The topological polar surface area (TPSA) is 71.5 Å². The van der Waals surface area contributed by atoms with Crippen LogP contribution in [0.3, 0.4) is 0 Å². The molecule has 4 aliphatic heterocycles. The molecule has 1 spiro atoms. The van der Waals surface area contributed by atoms with Crippen molar-refractivity contribution >= 4 is 23.3 Å². The largest absolute Gasteiger partial charge is 0.341 e. The fourth-order valence-electron chi connectivity index (χ4n) is 14.0. The molecule has 0 radical (unpaired) electrons. The summed E-state index contributed by atoms with van der Waals surface area (Å²) in [6.07, 6.45) is 8.42. The summed E-state index contributed by atoms with van der Waals surface area (Å²) in [7, 11) is 1.86. The highest BCUT2D eigenvalue weighted by molar-refractivity contribution is 6.07. The Kier molecular flexibility index (Phi) is 7.81. The summed E-state index contributed by atoms with van der Waals surface area (Å²) in [5.41, 5.74) is 1.84. The van der Waals surface area contributed by atoms with Crippen molar-refractivity contribution in [3.8, 4) is 0 Å². The first-order valence-corrected chi connectivity index (χ1v) is 19.4. The Bertz CT molecular complexity index is 1660. The predicted octanol–water partition coefficient (Wildman–Crippen LogP) is 9.42. The maximum Gasteiger partial charge on any atom is 0.233 e. The SMILES string of the molecule is CC(C)C1=C2[C@H]3CC[C@@H]4[C@@]5(C)CCC6C(=O)CC(C)(C)C(=O)c7ccccc7CN(C)C(=O)[C@]2(CC[C@@]3(C)[C@]4(C)CC[C@H]5C6(C)C)CC1=O. The summed E-state index contributed by atoms with van der Waals surface area (Å²) in [4.78, 5) is 59.9. The summed E-state index contributed by atoms with van der Waals surface area (Å²) >= 11 is 0. The Morgan fingerprint density at radius 2 is 1.43 bits per heavy atom. The molecule has 0 aromatic heterocycles. The van der Waals surface area contributed by atoms with Crippen molar-refractivity contribution in [2.24, 2.45) is 62.1 Å². The van der Waals surface area contributed by atoms with Gasteiger partial charge in [0.05, 0.1) is 5.41 Å². The third kappa shape index (κ3) is 4.54. The quantitative estimate of drug-likeness (QED) is 0.299. The highest BCUT2D eigenvalue weighted by atomic mass is 16.2. The van der Waals surface area contributed by atoms with E-state index in [1.54, 1.807) is 4.90 Å². The van der Waals surface area contributed by atoms with E-state index < -0.39 is 10.8 Å². The van der Waals surface area contributed by atoms with Gasteiger partial charge in [-0.2, -0.15) is 0 Å². The van der Waals surface area contributed by atoms with Crippen molar-refractivity contribution in [2.45, 2.75) is 133 Å². The molecule has 0 N–H and O–H groups in total. The molecule has 1 unspecified atom stereocenters. The molecule has 4 heterocycles. The number of hydrogen-bond acceptors (Lipinski definition) is 4. The highest BCUT2D eigenvalue weighted by Gasteiger charge is 2.71. The van der Waals surface area contributed by atoms with Crippen LogP contribution in [0.15, 0.2) is 35.4 Å². The minimum Gasteiger partial charge on any atom is -0.341 e. The molecule has 4 fully saturated rings. The lowest BCUT2D eigenvalue weighted by atomic mass is 9.32. The second kappa shape index (κ2) is 11.0. The number of Topliss-reactive ketones (excluding diaryl/α,β-unsaturated/α-hetero) is 3. The third-order valence-electron chi connectivity index (χ3n) is 16.5. The zero-order valence-electron chi connectivity index (χ0n) is 32.1. The molecule has 1 aromatic rings. The van der Waals surface area contributed by atoms with Crippen molar-refractivity contribution in [1.82, 2.24) is 4.90 Å². The predicted molar refractivity (Wildman–Crippen MR) is 194 cm³/mol. The van der Waals surface area contributed by atoms with E-state index in [4.69, 9.17) is 0 Å². The van der Waals surface area contributed by atoms with Gasteiger partial charge in [-0.15, -0.1) is 0 Å². The van der Waals surface area contributed by atoms with Gasteiger partial charge in [0.2, 0.25) is 5.91 Å². The van der Waals surface area contributed by atoms with Crippen molar-refractivity contribution in [3.05, 3.63) is 46.5 Å². The van der Waals surface area contributed by atoms with Crippen LogP contribution >= 0.6 is 0 Å². The van der Waals surface area contributed by atoms with E-state index >= 15 is 4.79 Å². The number of allylic oxidation sites excluding steroid dienone is 1. The number of ketones is 3. The number of rotatable bonds is 1. The number of nitrogens with zero attached hydrogens (tertiary/aromatic N) is 1. The van der Waals surface area contributed by atoms with E-state index in [2.05, 4.69) is 48.5 Å². The minimum atomic E-state index is -0.870. The van der Waals surface area contributed by atoms with E-state index in [1.165, 1.54) is 5.57 Å². The molecule has 49 heavy (non-hydrogen) atoms. The zero-order chi connectivity index (χ0) is 35.7. The molecule has 5 aliphatic carbocycles. The maximum absolute atomic E-state index is 15.1. The van der Waals surface area contributed by atoms with Gasteiger partial charge in [-0.3, -0.25) is 19.2 Å². The van der Waals surface area contributed by atoms with Gasteiger partial charge < -0.3 is 4.90 Å². The van der Waals surface area contributed by atoms with Gasteiger partial charge in [-0.05, 0) is 113 Å². The monoisotopic (exact) mass is 667 g/mol. The Labute approximate surface area is 295 Å². The van der Waals surface area contributed by atoms with Crippen molar-refractivity contribution in [3.63, 3.8) is 0 Å². The number of hydrogen-bond donors (Lipinski definition) is 0.